The first-order valence-electron chi connectivity index (χ1n) is 9.47. The number of halogens is 1. The molecule has 3 aromatic rings. The van der Waals surface area contributed by atoms with Crippen LogP contribution in [-0.2, 0) is 4.79 Å². The fourth-order valence-electron chi connectivity index (χ4n) is 3.07. The number of thiocarbonyl (C=S) groups is 1. The zero-order valence-corrected chi connectivity index (χ0v) is 20.1. The van der Waals surface area contributed by atoms with Gasteiger partial charge in [-0.3, -0.25) is 29.9 Å². The van der Waals surface area contributed by atoms with Crippen molar-refractivity contribution in [2.75, 3.05) is 4.90 Å². The number of nitrogens with zero attached hydrogens (tertiary/aromatic N) is 3. The lowest BCUT2D eigenvalue weighted by Crippen LogP contribution is -2.27. The van der Waals surface area contributed by atoms with Gasteiger partial charge in [0.25, 0.3) is 17.3 Å². The van der Waals surface area contributed by atoms with E-state index in [1.165, 1.54) is 47.0 Å². The molecule has 1 saturated heterocycles. The molecule has 1 aliphatic rings. The number of non-ortho nitro benzene ring substituents is 1. The van der Waals surface area contributed by atoms with Crippen molar-refractivity contribution in [2.45, 2.75) is 9.79 Å². The Morgan fingerprint density at radius 2 is 1.74 bits per heavy atom. The molecule has 3 aromatic carbocycles. The third-order valence-electron chi connectivity index (χ3n) is 4.61. The number of carbonyl (C=O) groups is 1. The summed E-state index contributed by atoms with van der Waals surface area (Å²) in [5.74, 6) is -0.460. The van der Waals surface area contributed by atoms with E-state index >= 15 is 0 Å². The predicted octanol–water partition coefficient (Wildman–Crippen LogP) is 6.71. The molecule has 0 N–H and O–H groups in total. The number of nitro benzene ring substituents is 2. The van der Waals surface area contributed by atoms with Gasteiger partial charge in [0.2, 0.25) is 0 Å². The minimum atomic E-state index is -0.556. The van der Waals surface area contributed by atoms with Crippen molar-refractivity contribution < 1.29 is 14.6 Å². The van der Waals surface area contributed by atoms with Crippen LogP contribution < -0.4 is 4.90 Å². The van der Waals surface area contributed by atoms with Gasteiger partial charge in [0.05, 0.1) is 25.3 Å². The average molecular weight is 530 g/mol. The number of anilines is 1. The van der Waals surface area contributed by atoms with Gasteiger partial charge in [0.1, 0.15) is 0 Å². The molecule has 4 rings (SSSR count). The highest BCUT2D eigenvalue weighted by Crippen LogP contribution is 2.39. The Morgan fingerprint density at radius 3 is 2.41 bits per heavy atom. The second-order valence-corrected chi connectivity index (χ2v) is 10.1. The molecule has 0 radical (unpaired) electrons. The van der Waals surface area contributed by atoms with Crippen molar-refractivity contribution in [1.82, 2.24) is 0 Å². The summed E-state index contributed by atoms with van der Waals surface area (Å²) in [6.45, 7) is 0. The summed E-state index contributed by atoms with van der Waals surface area (Å²) in [4.78, 5) is 37.4. The normalized spacial score (nSPS) is 14.6. The smallest absolute Gasteiger partial charge is 0.268 e. The van der Waals surface area contributed by atoms with E-state index < -0.39 is 15.8 Å². The third kappa shape index (κ3) is 5.12. The van der Waals surface area contributed by atoms with E-state index in [0.29, 0.717) is 15.5 Å². The first-order valence-corrected chi connectivity index (χ1v) is 11.9. The lowest BCUT2D eigenvalue weighted by molar-refractivity contribution is -0.387. The summed E-state index contributed by atoms with van der Waals surface area (Å²) < 4.78 is 0.209. The minimum Gasteiger partial charge on any atom is -0.268 e. The topological polar surface area (TPSA) is 107 Å². The number of benzene rings is 3. The largest absolute Gasteiger partial charge is 0.283 e. The van der Waals surface area contributed by atoms with Crippen LogP contribution in [0.2, 0.25) is 5.02 Å². The van der Waals surface area contributed by atoms with Gasteiger partial charge in [-0.05, 0) is 48.0 Å². The van der Waals surface area contributed by atoms with Gasteiger partial charge in [0, 0.05) is 28.1 Å². The maximum absolute atomic E-state index is 13.0. The Balaban J connectivity index is 1.63. The maximum atomic E-state index is 13.0. The maximum Gasteiger partial charge on any atom is 0.283 e. The fourth-order valence-corrected chi connectivity index (χ4v) is 5.40. The fraction of sp³-hybridized carbons (Fsp3) is 0. The summed E-state index contributed by atoms with van der Waals surface area (Å²) >= 11 is 13.5. The number of amides is 1. The Kier molecular flexibility index (Phi) is 6.98. The van der Waals surface area contributed by atoms with Crippen molar-refractivity contribution in [2.24, 2.45) is 0 Å². The molecule has 170 valence electrons. The van der Waals surface area contributed by atoms with Crippen LogP contribution in [0.1, 0.15) is 5.56 Å². The Labute approximate surface area is 211 Å². The van der Waals surface area contributed by atoms with Gasteiger partial charge in [-0.15, -0.1) is 0 Å². The van der Waals surface area contributed by atoms with Gasteiger partial charge in [0.15, 0.2) is 4.32 Å². The standard InChI is InChI=1S/C22H12ClN3O5S3/c23-14-5-7-17(8-6-14)33-19-9-4-13(10-18(19)26(30)31)11-20-21(27)24(22(32)34-20)15-2-1-3-16(12-15)25(28)29/h1-12H/b20-11+. The SMILES string of the molecule is O=C1/C(=C\c2ccc(Sc3ccc(Cl)cc3)c([N+](=O)[O-])c2)SC(=S)N1c1cccc([N+](=O)[O-])c1. The highest BCUT2D eigenvalue weighted by atomic mass is 35.5. The Bertz CT molecular complexity index is 1380. The first kappa shape index (κ1) is 23.9. The van der Waals surface area contributed by atoms with Gasteiger partial charge < -0.3 is 0 Å². The molecule has 0 unspecified atom stereocenters. The molecule has 0 spiro atoms. The van der Waals surface area contributed by atoms with Crippen molar-refractivity contribution in [3.05, 3.63) is 102 Å². The van der Waals surface area contributed by atoms with Crippen LogP contribution >= 0.6 is 47.3 Å². The lowest BCUT2D eigenvalue weighted by atomic mass is 10.2. The van der Waals surface area contributed by atoms with E-state index in [9.17, 15) is 25.0 Å². The van der Waals surface area contributed by atoms with Crippen LogP contribution in [0, 0.1) is 20.2 Å². The van der Waals surface area contributed by atoms with Gasteiger partial charge >= 0.3 is 0 Å². The molecule has 1 aliphatic heterocycles. The molecule has 1 fully saturated rings. The van der Waals surface area contributed by atoms with Crippen LogP contribution in [0.4, 0.5) is 17.1 Å². The molecule has 1 heterocycles. The van der Waals surface area contributed by atoms with Gasteiger partial charge in [-0.1, -0.05) is 59.5 Å². The molecule has 8 nitrogen and oxygen atoms in total. The van der Waals surface area contributed by atoms with E-state index in [2.05, 4.69) is 0 Å². The second-order valence-electron chi connectivity index (χ2n) is 6.83. The van der Waals surface area contributed by atoms with Crippen molar-refractivity contribution in [3.8, 4) is 0 Å². The summed E-state index contributed by atoms with van der Waals surface area (Å²) in [6.07, 6.45) is 1.51. The molecule has 0 bridgehead atoms. The van der Waals surface area contributed by atoms with Crippen LogP contribution in [-0.4, -0.2) is 20.1 Å². The molecule has 0 aromatic heterocycles. The summed E-state index contributed by atoms with van der Waals surface area (Å²) in [6, 6.07) is 17.2. The van der Waals surface area contributed by atoms with Gasteiger partial charge in [-0.2, -0.15) is 0 Å². The minimum absolute atomic E-state index is 0.108. The molecular weight excluding hydrogens is 518 g/mol. The van der Waals surface area contributed by atoms with E-state index in [4.69, 9.17) is 23.8 Å². The highest BCUT2D eigenvalue weighted by molar-refractivity contribution is 8.27. The monoisotopic (exact) mass is 529 g/mol. The van der Waals surface area contributed by atoms with Crippen molar-refractivity contribution in [3.63, 3.8) is 0 Å². The van der Waals surface area contributed by atoms with Crippen LogP contribution in [0.3, 0.4) is 0 Å². The first-order chi connectivity index (χ1) is 16.2. The highest BCUT2D eigenvalue weighted by Gasteiger charge is 2.34. The molecular formula is C22H12ClN3O5S3. The number of rotatable bonds is 6. The number of thioether (sulfide) groups is 1. The quantitative estimate of drug-likeness (QED) is 0.150. The molecule has 1 amide bonds. The Morgan fingerprint density at radius 1 is 1.00 bits per heavy atom. The van der Waals surface area contributed by atoms with E-state index in [0.717, 1.165) is 16.7 Å². The summed E-state index contributed by atoms with van der Waals surface area (Å²) in [5, 5.41) is 23.3. The van der Waals surface area contributed by atoms with Gasteiger partial charge in [-0.25, -0.2) is 0 Å². The van der Waals surface area contributed by atoms with Crippen LogP contribution in [0.25, 0.3) is 6.08 Å². The van der Waals surface area contributed by atoms with Crippen molar-refractivity contribution >= 4 is 80.7 Å². The molecule has 0 saturated carbocycles. The summed E-state index contributed by atoms with van der Waals surface area (Å²) in [7, 11) is 0. The van der Waals surface area contributed by atoms with E-state index in [1.54, 1.807) is 42.5 Å². The van der Waals surface area contributed by atoms with E-state index in [-0.39, 0.29) is 26.3 Å². The molecule has 34 heavy (non-hydrogen) atoms. The second kappa shape index (κ2) is 9.94. The summed E-state index contributed by atoms with van der Waals surface area (Å²) in [5.41, 5.74) is 0.454. The number of hydrogen-bond acceptors (Lipinski definition) is 8. The van der Waals surface area contributed by atoms with Crippen molar-refractivity contribution in [1.29, 1.82) is 0 Å². The lowest BCUT2D eigenvalue weighted by Gasteiger charge is -2.13. The Hall–Kier alpha value is -3.25. The van der Waals surface area contributed by atoms with Crippen LogP contribution in [0.15, 0.2) is 81.4 Å². The van der Waals surface area contributed by atoms with Crippen LogP contribution in [0.5, 0.6) is 0 Å². The number of hydrogen-bond donors (Lipinski definition) is 0. The number of carbonyl (C=O) groups excluding carboxylic acids is 1. The average Bonchev–Trinajstić information content (AvgIpc) is 3.08. The number of nitro groups is 2. The van der Waals surface area contributed by atoms with E-state index in [1.807, 2.05) is 0 Å². The zero-order chi connectivity index (χ0) is 24.4. The predicted molar refractivity (Wildman–Crippen MR) is 137 cm³/mol. The molecule has 0 aliphatic carbocycles. The third-order valence-corrected chi connectivity index (χ3v) is 7.24. The zero-order valence-electron chi connectivity index (χ0n) is 16.9. The molecule has 0 atom stereocenters. The molecule has 12 heteroatoms.